The van der Waals surface area contributed by atoms with Crippen LogP contribution in [-0.2, 0) is 0 Å². The van der Waals surface area contributed by atoms with Gasteiger partial charge in [0.1, 0.15) is 11.8 Å². The number of nitrogens with one attached hydrogen (secondary N) is 1. The summed E-state index contributed by atoms with van der Waals surface area (Å²) < 4.78 is 5.20. The predicted octanol–water partition coefficient (Wildman–Crippen LogP) is 3.94. The Labute approximate surface area is 142 Å². The molecule has 23 heavy (non-hydrogen) atoms. The van der Waals surface area contributed by atoms with Crippen molar-refractivity contribution in [2.75, 3.05) is 33.1 Å². The van der Waals surface area contributed by atoms with Crippen LogP contribution in [0, 0.1) is 11.3 Å². The molecule has 2 aromatic carbocycles. The van der Waals surface area contributed by atoms with Gasteiger partial charge in [0.2, 0.25) is 0 Å². The Kier molecular flexibility index (Phi) is 5.86. The lowest BCUT2D eigenvalue weighted by molar-refractivity contribution is 0.311. The summed E-state index contributed by atoms with van der Waals surface area (Å²) in [6.45, 7) is 0.724. The van der Waals surface area contributed by atoms with E-state index >= 15 is 0 Å². The second kappa shape index (κ2) is 7.87. The molecule has 1 unspecified atom stereocenters. The monoisotopic (exact) mass is 329 g/mol. The van der Waals surface area contributed by atoms with Crippen molar-refractivity contribution in [3.63, 3.8) is 0 Å². The van der Waals surface area contributed by atoms with Crippen LogP contribution in [0.2, 0.25) is 5.02 Å². The zero-order valence-corrected chi connectivity index (χ0v) is 14.3. The Morgan fingerprint density at radius 3 is 2.43 bits per heavy atom. The SMILES string of the molecule is COc1ccc(C(CNc2ccc(C#N)c(Cl)c2)N(C)C)cc1. The fraction of sp³-hybridized carbons (Fsp3) is 0.278. The van der Waals surface area contributed by atoms with Gasteiger partial charge in [-0.1, -0.05) is 23.7 Å². The van der Waals surface area contributed by atoms with E-state index in [4.69, 9.17) is 21.6 Å². The number of ether oxygens (including phenoxy) is 1. The number of methoxy groups -OCH3 is 1. The maximum Gasteiger partial charge on any atom is 0.118 e. The van der Waals surface area contributed by atoms with Crippen molar-refractivity contribution < 1.29 is 4.74 Å². The van der Waals surface area contributed by atoms with E-state index in [1.54, 1.807) is 19.2 Å². The summed E-state index contributed by atoms with van der Waals surface area (Å²) in [5.74, 6) is 0.845. The summed E-state index contributed by atoms with van der Waals surface area (Å²) in [6, 6.07) is 15.7. The van der Waals surface area contributed by atoms with E-state index in [0.717, 1.165) is 18.0 Å². The van der Waals surface area contributed by atoms with E-state index in [1.165, 1.54) is 5.56 Å². The van der Waals surface area contributed by atoms with Crippen LogP contribution >= 0.6 is 11.6 Å². The van der Waals surface area contributed by atoms with Crippen LogP contribution in [0.3, 0.4) is 0 Å². The Morgan fingerprint density at radius 1 is 1.22 bits per heavy atom. The molecule has 0 amide bonds. The van der Waals surface area contributed by atoms with E-state index in [2.05, 4.69) is 28.4 Å². The van der Waals surface area contributed by atoms with Crippen LogP contribution in [0.15, 0.2) is 42.5 Å². The van der Waals surface area contributed by atoms with Gasteiger partial charge in [-0.05, 0) is 50.0 Å². The molecule has 0 spiro atoms. The first kappa shape index (κ1) is 17.1. The van der Waals surface area contributed by atoms with Crippen LogP contribution in [-0.4, -0.2) is 32.6 Å². The van der Waals surface area contributed by atoms with Crippen LogP contribution < -0.4 is 10.1 Å². The lowest BCUT2D eigenvalue weighted by Crippen LogP contribution is -2.26. The molecule has 0 aliphatic rings. The molecule has 1 N–H and O–H groups in total. The Bertz CT molecular complexity index is 692. The summed E-state index contributed by atoms with van der Waals surface area (Å²) in [4.78, 5) is 2.15. The number of rotatable bonds is 6. The first-order chi connectivity index (χ1) is 11.0. The maximum atomic E-state index is 8.92. The van der Waals surface area contributed by atoms with Gasteiger partial charge in [-0.15, -0.1) is 0 Å². The quantitative estimate of drug-likeness (QED) is 0.872. The second-order valence-electron chi connectivity index (χ2n) is 5.44. The van der Waals surface area contributed by atoms with E-state index < -0.39 is 0 Å². The van der Waals surface area contributed by atoms with E-state index in [-0.39, 0.29) is 6.04 Å². The second-order valence-corrected chi connectivity index (χ2v) is 5.85. The molecule has 0 aliphatic heterocycles. The summed E-state index contributed by atoms with van der Waals surface area (Å²) in [6.07, 6.45) is 0. The van der Waals surface area contributed by atoms with Crippen LogP contribution in [0.5, 0.6) is 5.75 Å². The number of anilines is 1. The van der Waals surface area contributed by atoms with Gasteiger partial charge in [0.05, 0.1) is 23.7 Å². The Hall–Kier alpha value is -2.22. The molecule has 0 saturated carbocycles. The van der Waals surface area contributed by atoms with Gasteiger partial charge in [-0.25, -0.2) is 0 Å². The summed E-state index contributed by atoms with van der Waals surface area (Å²) in [5.41, 5.74) is 2.58. The van der Waals surface area contributed by atoms with Gasteiger partial charge in [0, 0.05) is 12.2 Å². The summed E-state index contributed by atoms with van der Waals surface area (Å²) >= 11 is 6.07. The van der Waals surface area contributed by atoms with Gasteiger partial charge in [-0.3, -0.25) is 0 Å². The highest BCUT2D eigenvalue weighted by Gasteiger charge is 2.14. The van der Waals surface area contributed by atoms with Crippen molar-refractivity contribution in [2.24, 2.45) is 0 Å². The normalized spacial score (nSPS) is 11.8. The molecule has 2 rings (SSSR count). The van der Waals surface area contributed by atoms with Crippen LogP contribution in [0.1, 0.15) is 17.2 Å². The zero-order chi connectivity index (χ0) is 16.8. The number of hydrogen-bond acceptors (Lipinski definition) is 4. The average molecular weight is 330 g/mol. The molecular weight excluding hydrogens is 310 g/mol. The molecule has 0 aliphatic carbocycles. The fourth-order valence-electron chi connectivity index (χ4n) is 2.35. The van der Waals surface area contributed by atoms with Gasteiger partial charge in [-0.2, -0.15) is 5.26 Å². The number of likely N-dealkylation sites (N-methyl/N-ethyl adjacent to an activating group) is 1. The zero-order valence-electron chi connectivity index (χ0n) is 13.5. The first-order valence-electron chi connectivity index (χ1n) is 7.29. The number of benzene rings is 2. The third kappa shape index (κ3) is 4.38. The topological polar surface area (TPSA) is 48.3 Å². The Morgan fingerprint density at radius 2 is 1.91 bits per heavy atom. The van der Waals surface area contributed by atoms with Crippen molar-refractivity contribution in [1.82, 2.24) is 4.90 Å². The number of hydrogen-bond donors (Lipinski definition) is 1. The minimum absolute atomic E-state index is 0.204. The molecule has 120 valence electrons. The molecular formula is C18H20ClN3O. The van der Waals surface area contributed by atoms with Gasteiger partial charge >= 0.3 is 0 Å². The van der Waals surface area contributed by atoms with E-state index in [1.807, 2.05) is 32.3 Å². The maximum absolute atomic E-state index is 8.92. The summed E-state index contributed by atoms with van der Waals surface area (Å²) in [5, 5.41) is 12.8. The average Bonchev–Trinajstić information content (AvgIpc) is 2.55. The van der Waals surface area contributed by atoms with Crippen molar-refractivity contribution in [1.29, 1.82) is 5.26 Å². The third-order valence-corrected chi connectivity index (χ3v) is 4.03. The van der Waals surface area contributed by atoms with Gasteiger partial charge < -0.3 is 15.0 Å². The van der Waals surface area contributed by atoms with Gasteiger partial charge in [0.15, 0.2) is 0 Å². The molecule has 0 saturated heterocycles. The number of halogens is 1. The molecule has 1 atom stereocenters. The predicted molar refractivity (Wildman–Crippen MR) is 94.1 cm³/mol. The molecule has 0 radical (unpaired) electrons. The van der Waals surface area contributed by atoms with Gasteiger partial charge in [0.25, 0.3) is 0 Å². The third-order valence-electron chi connectivity index (χ3n) is 3.71. The lowest BCUT2D eigenvalue weighted by Gasteiger charge is -2.26. The molecule has 0 bridgehead atoms. The highest BCUT2D eigenvalue weighted by molar-refractivity contribution is 6.32. The molecule has 4 nitrogen and oxygen atoms in total. The fourth-order valence-corrected chi connectivity index (χ4v) is 2.58. The van der Waals surface area contributed by atoms with Crippen molar-refractivity contribution in [3.8, 4) is 11.8 Å². The van der Waals surface area contributed by atoms with Crippen LogP contribution in [0.25, 0.3) is 0 Å². The van der Waals surface area contributed by atoms with Crippen molar-refractivity contribution in [2.45, 2.75) is 6.04 Å². The standard InChI is InChI=1S/C18H20ClN3O/c1-22(2)18(13-5-8-16(23-3)9-6-13)12-21-15-7-4-14(11-20)17(19)10-15/h4-10,18,21H,12H2,1-3H3. The number of nitriles is 1. The minimum Gasteiger partial charge on any atom is -0.497 e. The van der Waals surface area contributed by atoms with E-state index in [0.29, 0.717) is 10.6 Å². The lowest BCUT2D eigenvalue weighted by atomic mass is 10.1. The molecule has 0 aromatic heterocycles. The smallest absolute Gasteiger partial charge is 0.118 e. The number of nitrogens with zero attached hydrogens (tertiary/aromatic N) is 2. The van der Waals surface area contributed by atoms with Crippen LogP contribution in [0.4, 0.5) is 5.69 Å². The highest BCUT2D eigenvalue weighted by atomic mass is 35.5. The Balaban J connectivity index is 2.10. The summed E-state index contributed by atoms with van der Waals surface area (Å²) in [7, 11) is 5.75. The first-order valence-corrected chi connectivity index (χ1v) is 7.67. The molecule has 2 aromatic rings. The molecule has 0 fully saturated rings. The highest BCUT2D eigenvalue weighted by Crippen LogP contribution is 2.24. The van der Waals surface area contributed by atoms with Crippen molar-refractivity contribution in [3.05, 3.63) is 58.6 Å². The largest absolute Gasteiger partial charge is 0.497 e. The molecule has 5 heteroatoms. The molecule has 0 heterocycles. The minimum atomic E-state index is 0.204. The van der Waals surface area contributed by atoms with E-state index in [9.17, 15) is 0 Å². The van der Waals surface area contributed by atoms with Crippen molar-refractivity contribution >= 4 is 17.3 Å².